The average Bonchev–Trinajstić information content (AvgIpc) is 3.32. The van der Waals surface area contributed by atoms with Gasteiger partial charge in [-0.2, -0.15) is 9.97 Å². The second-order valence-electron chi connectivity index (χ2n) is 13.2. The van der Waals surface area contributed by atoms with Crippen LogP contribution in [-0.4, -0.2) is 83.1 Å². The number of hydrogen-bond donors (Lipinski definition) is 0. The summed E-state index contributed by atoms with van der Waals surface area (Å²) in [5, 5.41) is 0.613. The zero-order chi connectivity index (χ0) is 30.0. The van der Waals surface area contributed by atoms with Gasteiger partial charge in [0.25, 0.3) is 0 Å². The van der Waals surface area contributed by atoms with Gasteiger partial charge in [-0.1, -0.05) is 24.8 Å². The van der Waals surface area contributed by atoms with Crippen LogP contribution < -0.4 is 9.64 Å². The van der Waals surface area contributed by atoms with Crippen LogP contribution in [0.15, 0.2) is 43.0 Å². The molecule has 8 rings (SSSR count). The molecule has 2 aromatic carbocycles. The summed E-state index contributed by atoms with van der Waals surface area (Å²) in [4.78, 5) is 32.3. The summed E-state index contributed by atoms with van der Waals surface area (Å²) in [5.74, 6) is 1.34. The first-order valence-corrected chi connectivity index (χ1v) is 16.0. The molecule has 9 heteroatoms. The Bertz CT molecular complexity index is 1710. The molecular formula is C35H37FN6O2. The first-order chi connectivity index (χ1) is 21.5. The van der Waals surface area contributed by atoms with E-state index in [1.54, 1.807) is 11.0 Å². The molecular weight excluding hydrogens is 555 g/mol. The van der Waals surface area contributed by atoms with E-state index >= 15 is 4.39 Å². The maximum Gasteiger partial charge on any atom is 0.319 e. The summed E-state index contributed by atoms with van der Waals surface area (Å²) in [6.07, 6.45) is 8.15. The van der Waals surface area contributed by atoms with E-state index in [1.165, 1.54) is 36.5 Å². The van der Waals surface area contributed by atoms with Crippen molar-refractivity contribution in [2.75, 3.05) is 50.8 Å². The predicted octanol–water partition coefficient (Wildman–Crippen LogP) is 5.23. The lowest BCUT2D eigenvalue weighted by Gasteiger charge is -2.39. The standard InChI is InChI=1S/C35H37FN6O2/c1-3-31(43)42-14-13-40(20-24(42)19-37-2)33-28-17-29(36)27(25-8-4-7-22-15-23-16-26(23)32(22)25)18-30(28)38-34(39-33)44-21-35-9-5-11-41(35)12-6-10-35/h3-4,7-8,17-18,23-24,26H,1,5-6,9-16,19-21H2/t23?,24-,26?/m0/s1. The fourth-order valence-electron chi connectivity index (χ4n) is 8.57. The summed E-state index contributed by atoms with van der Waals surface area (Å²) < 4.78 is 22.6. The molecule has 4 heterocycles. The van der Waals surface area contributed by atoms with Crippen LogP contribution in [0.3, 0.4) is 0 Å². The van der Waals surface area contributed by atoms with Gasteiger partial charge in [0.15, 0.2) is 0 Å². The number of amides is 1. The van der Waals surface area contributed by atoms with Crippen molar-refractivity contribution < 1.29 is 13.9 Å². The topological polar surface area (TPSA) is 66.2 Å². The first kappa shape index (κ1) is 27.5. The summed E-state index contributed by atoms with van der Waals surface area (Å²) in [6.45, 7) is 15.4. The zero-order valence-electron chi connectivity index (χ0n) is 25.0. The number of carbonyl (C=O) groups is 1. The van der Waals surface area contributed by atoms with Crippen LogP contribution in [0.1, 0.15) is 49.1 Å². The quantitative estimate of drug-likeness (QED) is 0.277. The smallest absolute Gasteiger partial charge is 0.319 e. The van der Waals surface area contributed by atoms with E-state index in [1.807, 2.05) is 18.2 Å². The number of aromatic nitrogens is 2. The number of benzene rings is 2. The number of hydrogen-bond acceptors (Lipinski definition) is 6. The normalized spacial score (nSPS) is 25.0. The highest BCUT2D eigenvalue weighted by molar-refractivity contribution is 5.94. The summed E-state index contributed by atoms with van der Waals surface area (Å²) in [5.41, 5.74) is 4.85. The van der Waals surface area contributed by atoms with Crippen LogP contribution in [0, 0.1) is 18.3 Å². The fraction of sp³-hybridized carbons (Fsp3) is 0.486. The third kappa shape index (κ3) is 4.45. The van der Waals surface area contributed by atoms with Crippen molar-refractivity contribution in [3.8, 4) is 17.1 Å². The van der Waals surface area contributed by atoms with E-state index in [2.05, 4.69) is 27.3 Å². The van der Waals surface area contributed by atoms with E-state index in [9.17, 15) is 4.79 Å². The Morgan fingerprint density at radius 2 is 2.00 bits per heavy atom. The van der Waals surface area contributed by atoms with E-state index in [4.69, 9.17) is 21.3 Å². The number of piperazine rings is 1. The molecule has 5 aliphatic rings. The Labute approximate surface area is 257 Å². The van der Waals surface area contributed by atoms with Crippen LogP contribution in [0.4, 0.5) is 10.2 Å². The summed E-state index contributed by atoms with van der Waals surface area (Å²) >= 11 is 0. The highest BCUT2D eigenvalue weighted by Gasteiger charge is 2.47. The number of rotatable bonds is 7. The van der Waals surface area contributed by atoms with Gasteiger partial charge in [0.05, 0.1) is 11.1 Å². The van der Waals surface area contributed by atoms with Crippen molar-refractivity contribution in [2.45, 2.75) is 56.0 Å². The molecule has 1 aromatic heterocycles. The van der Waals surface area contributed by atoms with Crippen LogP contribution in [0.2, 0.25) is 0 Å². The minimum atomic E-state index is -0.326. The Hall–Kier alpha value is -4.03. The van der Waals surface area contributed by atoms with Crippen molar-refractivity contribution >= 4 is 22.6 Å². The van der Waals surface area contributed by atoms with Crippen molar-refractivity contribution in [2.24, 2.45) is 5.92 Å². The SMILES string of the molecule is [C-]#[N+]C[C@H]1CN(c2nc(OCC34CCCN3CCC4)nc3cc(-c4cccc5c4C4CC4C5)c(F)cc23)CCN1C(=O)C=C. The molecule has 2 aliphatic carbocycles. The molecule has 0 N–H and O–H groups in total. The van der Waals surface area contributed by atoms with Gasteiger partial charge in [-0.15, -0.1) is 0 Å². The number of anilines is 1. The highest BCUT2D eigenvalue weighted by Crippen LogP contribution is 2.58. The molecule has 1 saturated carbocycles. The van der Waals surface area contributed by atoms with Crippen LogP contribution >= 0.6 is 0 Å². The molecule has 2 unspecified atom stereocenters. The van der Waals surface area contributed by atoms with E-state index < -0.39 is 0 Å². The molecule has 3 atom stereocenters. The molecule has 3 saturated heterocycles. The van der Waals surface area contributed by atoms with Crippen molar-refractivity contribution in [1.82, 2.24) is 19.8 Å². The number of ether oxygens (including phenoxy) is 1. The molecule has 226 valence electrons. The van der Waals surface area contributed by atoms with Gasteiger partial charge in [0, 0.05) is 30.6 Å². The zero-order valence-corrected chi connectivity index (χ0v) is 25.0. The lowest BCUT2D eigenvalue weighted by Crippen LogP contribution is -2.56. The van der Waals surface area contributed by atoms with Gasteiger partial charge in [-0.25, -0.2) is 11.0 Å². The largest absolute Gasteiger partial charge is 0.461 e. The molecule has 0 bridgehead atoms. The van der Waals surface area contributed by atoms with Gasteiger partial charge >= 0.3 is 6.01 Å². The lowest BCUT2D eigenvalue weighted by molar-refractivity contribution is -0.128. The monoisotopic (exact) mass is 592 g/mol. The van der Waals surface area contributed by atoms with Gasteiger partial charge in [0.1, 0.15) is 24.3 Å². The lowest BCUT2D eigenvalue weighted by atomic mass is 9.93. The Kier molecular flexibility index (Phi) is 6.60. The molecule has 0 radical (unpaired) electrons. The molecule has 8 nitrogen and oxygen atoms in total. The maximum atomic E-state index is 16.2. The first-order valence-electron chi connectivity index (χ1n) is 16.0. The Balaban J connectivity index is 1.20. The van der Waals surface area contributed by atoms with Crippen molar-refractivity contribution in [3.63, 3.8) is 0 Å². The van der Waals surface area contributed by atoms with Crippen LogP contribution in [-0.2, 0) is 11.2 Å². The van der Waals surface area contributed by atoms with Gasteiger partial charge in [-0.05, 0) is 98.3 Å². The van der Waals surface area contributed by atoms with Gasteiger partial charge < -0.3 is 19.4 Å². The molecule has 3 aromatic rings. The number of halogens is 1. The maximum absolute atomic E-state index is 16.2. The minimum Gasteiger partial charge on any atom is -0.461 e. The van der Waals surface area contributed by atoms with E-state index in [0.717, 1.165) is 37.9 Å². The second-order valence-corrected chi connectivity index (χ2v) is 13.2. The molecule has 3 aliphatic heterocycles. The van der Waals surface area contributed by atoms with E-state index in [-0.39, 0.29) is 29.8 Å². The van der Waals surface area contributed by atoms with E-state index in [0.29, 0.717) is 66.4 Å². The number of nitrogens with zero attached hydrogens (tertiary/aromatic N) is 6. The van der Waals surface area contributed by atoms with Gasteiger partial charge in [-0.3, -0.25) is 9.69 Å². The minimum absolute atomic E-state index is 0.0369. The fourth-order valence-corrected chi connectivity index (χ4v) is 8.57. The van der Waals surface area contributed by atoms with Crippen molar-refractivity contribution in [3.05, 3.63) is 71.3 Å². The molecule has 44 heavy (non-hydrogen) atoms. The average molecular weight is 593 g/mol. The number of carbonyl (C=O) groups excluding carboxylic acids is 1. The Morgan fingerprint density at radius 1 is 1.16 bits per heavy atom. The third-order valence-electron chi connectivity index (χ3n) is 10.8. The van der Waals surface area contributed by atoms with Crippen molar-refractivity contribution in [1.29, 1.82) is 0 Å². The molecule has 1 amide bonds. The molecule has 0 spiro atoms. The Morgan fingerprint density at radius 3 is 2.80 bits per heavy atom. The van der Waals surface area contributed by atoms with Gasteiger partial charge in [0.2, 0.25) is 12.5 Å². The van der Waals surface area contributed by atoms with Crippen LogP contribution in [0.25, 0.3) is 26.9 Å². The predicted molar refractivity (Wildman–Crippen MR) is 167 cm³/mol. The highest BCUT2D eigenvalue weighted by atomic mass is 19.1. The summed E-state index contributed by atoms with van der Waals surface area (Å²) in [6, 6.07) is 9.68. The second kappa shape index (κ2) is 10.6. The number of fused-ring (bicyclic) bond motifs is 5. The third-order valence-corrected chi connectivity index (χ3v) is 10.8. The summed E-state index contributed by atoms with van der Waals surface area (Å²) in [7, 11) is 0. The van der Waals surface area contributed by atoms with Crippen LogP contribution in [0.5, 0.6) is 6.01 Å². The molecule has 4 fully saturated rings.